The SMILES string of the molecule is NNC(=O)c1ccc(Cn2cc(Br)c(=O)[nH]c2=O)nc1. The van der Waals surface area contributed by atoms with E-state index in [1.807, 2.05) is 5.43 Å². The van der Waals surface area contributed by atoms with E-state index in [9.17, 15) is 14.4 Å². The third-order valence-corrected chi connectivity index (χ3v) is 3.08. The Bertz CT molecular complexity index is 750. The predicted octanol–water partition coefficient (Wildman–Crippen LogP) is -0.654. The largest absolute Gasteiger partial charge is 0.328 e. The Kier molecular flexibility index (Phi) is 4.11. The number of hydrogen-bond acceptors (Lipinski definition) is 5. The molecule has 4 N–H and O–H groups in total. The maximum atomic E-state index is 11.6. The standard InChI is InChI=1S/C11H10BrN5O3/c12-8-5-17(11(20)15-10(8)19)4-7-2-1-6(3-14-7)9(18)16-13/h1-3,5H,4,13H2,(H,16,18)(H,15,19,20). The van der Waals surface area contributed by atoms with Crippen LogP contribution < -0.4 is 22.5 Å². The van der Waals surface area contributed by atoms with E-state index in [1.54, 1.807) is 6.07 Å². The Morgan fingerprint density at radius 2 is 2.20 bits per heavy atom. The molecular weight excluding hydrogens is 330 g/mol. The highest BCUT2D eigenvalue weighted by Gasteiger charge is 2.06. The Labute approximate surface area is 120 Å². The number of aromatic amines is 1. The van der Waals surface area contributed by atoms with Crippen LogP contribution in [0.25, 0.3) is 0 Å². The summed E-state index contributed by atoms with van der Waals surface area (Å²) < 4.78 is 1.53. The first-order chi connectivity index (χ1) is 9.51. The van der Waals surface area contributed by atoms with Crippen molar-refractivity contribution in [2.45, 2.75) is 6.54 Å². The molecule has 1 amide bonds. The van der Waals surface area contributed by atoms with Gasteiger partial charge in [-0.2, -0.15) is 0 Å². The molecule has 0 aromatic carbocycles. The van der Waals surface area contributed by atoms with Crippen molar-refractivity contribution in [3.63, 3.8) is 0 Å². The molecule has 20 heavy (non-hydrogen) atoms. The van der Waals surface area contributed by atoms with E-state index in [2.05, 4.69) is 25.9 Å². The highest BCUT2D eigenvalue weighted by atomic mass is 79.9. The number of carbonyl (C=O) groups is 1. The lowest BCUT2D eigenvalue weighted by molar-refractivity contribution is 0.0953. The molecule has 0 spiro atoms. The first-order valence-electron chi connectivity index (χ1n) is 5.46. The topological polar surface area (TPSA) is 123 Å². The third-order valence-electron chi connectivity index (χ3n) is 2.52. The molecule has 0 aliphatic rings. The van der Waals surface area contributed by atoms with Crippen LogP contribution in [-0.4, -0.2) is 20.4 Å². The van der Waals surface area contributed by atoms with Crippen LogP contribution in [-0.2, 0) is 6.54 Å². The van der Waals surface area contributed by atoms with Crippen molar-refractivity contribution >= 4 is 21.8 Å². The van der Waals surface area contributed by atoms with Gasteiger partial charge in [0, 0.05) is 12.4 Å². The summed E-state index contributed by atoms with van der Waals surface area (Å²) in [5.74, 6) is 4.55. The lowest BCUT2D eigenvalue weighted by Gasteiger charge is -2.05. The van der Waals surface area contributed by atoms with Crippen LogP contribution in [0.3, 0.4) is 0 Å². The van der Waals surface area contributed by atoms with Gasteiger partial charge in [0.1, 0.15) is 0 Å². The highest BCUT2D eigenvalue weighted by Crippen LogP contribution is 2.03. The predicted molar refractivity (Wildman–Crippen MR) is 74.0 cm³/mol. The van der Waals surface area contributed by atoms with Crippen LogP contribution in [0.15, 0.2) is 38.6 Å². The van der Waals surface area contributed by atoms with E-state index in [0.717, 1.165) is 0 Å². The number of nitrogen functional groups attached to an aromatic ring is 1. The summed E-state index contributed by atoms with van der Waals surface area (Å²) in [4.78, 5) is 40.3. The first kappa shape index (κ1) is 14.2. The minimum Gasteiger partial charge on any atom is -0.293 e. The van der Waals surface area contributed by atoms with E-state index < -0.39 is 17.2 Å². The molecule has 0 unspecified atom stereocenters. The minimum absolute atomic E-state index is 0.165. The zero-order chi connectivity index (χ0) is 14.7. The Hall–Kier alpha value is -2.26. The van der Waals surface area contributed by atoms with Crippen LogP contribution in [0.1, 0.15) is 16.1 Å². The lowest BCUT2D eigenvalue weighted by atomic mass is 10.2. The van der Waals surface area contributed by atoms with E-state index in [4.69, 9.17) is 5.84 Å². The number of hydrazine groups is 1. The molecule has 0 aliphatic carbocycles. The fourth-order valence-corrected chi connectivity index (χ4v) is 1.86. The molecule has 2 heterocycles. The molecule has 104 valence electrons. The molecule has 2 aromatic rings. The maximum absolute atomic E-state index is 11.6. The molecule has 2 rings (SSSR count). The Morgan fingerprint density at radius 1 is 1.45 bits per heavy atom. The second-order valence-electron chi connectivity index (χ2n) is 3.88. The zero-order valence-corrected chi connectivity index (χ0v) is 11.7. The Balaban J connectivity index is 2.27. The second kappa shape index (κ2) is 5.80. The van der Waals surface area contributed by atoms with Crippen molar-refractivity contribution in [3.05, 3.63) is 61.1 Å². The normalized spacial score (nSPS) is 10.3. The van der Waals surface area contributed by atoms with Crippen LogP contribution in [0.2, 0.25) is 0 Å². The van der Waals surface area contributed by atoms with Crippen LogP contribution >= 0.6 is 15.9 Å². The Morgan fingerprint density at radius 3 is 2.80 bits per heavy atom. The molecule has 0 saturated heterocycles. The van der Waals surface area contributed by atoms with Crippen molar-refractivity contribution in [1.29, 1.82) is 0 Å². The number of nitrogens with two attached hydrogens (primary N) is 1. The van der Waals surface area contributed by atoms with Crippen molar-refractivity contribution < 1.29 is 4.79 Å². The van der Waals surface area contributed by atoms with Crippen LogP contribution in [0.5, 0.6) is 0 Å². The summed E-state index contributed by atoms with van der Waals surface area (Å²) in [6, 6.07) is 3.13. The van der Waals surface area contributed by atoms with Crippen LogP contribution in [0.4, 0.5) is 0 Å². The third kappa shape index (κ3) is 3.00. The van der Waals surface area contributed by atoms with Gasteiger partial charge >= 0.3 is 5.69 Å². The fourth-order valence-electron chi connectivity index (χ4n) is 1.51. The average Bonchev–Trinajstić information content (AvgIpc) is 2.44. The summed E-state index contributed by atoms with van der Waals surface area (Å²) in [6.07, 6.45) is 2.73. The van der Waals surface area contributed by atoms with Crippen molar-refractivity contribution in [2.24, 2.45) is 5.84 Å². The second-order valence-corrected chi connectivity index (χ2v) is 4.73. The number of pyridine rings is 1. The number of nitrogens with one attached hydrogen (secondary N) is 2. The average molecular weight is 340 g/mol. The number of amides is 1. The first-order valence-corrected chi connectivity index (χ1v) is 6.25. The summed E-state index contributed by atoms with van der Waals surface area (Å²) in [5, 5.41) is 0. The molecule has 8 nitrogen and oxygen atoms in total. The van der Waals surface area contributed by atoms with Gasteiger partial charge in [0.25, 0.3) is 11.5 Å². The van der Waals surface area contributed by atoms with E-state index >= 15 is 0 Å². The van der Waals surface area contributed by atoms with Gasteiger partial charge in [0.05, 0.1) is 22.3 Å². The van der Waals surface area contributed by atoms with Gasteiger partial charge in [-0.1, -0.05) is 0 Å². The van der Waals surface area contributed by atoms with Crippen molar-refractivity contribution in [1.82, 2.24) is 20.0 Å². The van der Waals surface area contributed by atoms with Gasteiger partial charge in [0.15, 0.2) is 0 Å². The summed E-state index contributed by atoms with van der Waals surface area (Å²) in [6.45, 7) is 0.165. The summed E-state index contributed by atoms with van der Waals surface area (Å²) >= 11 is 3.04. The molecule has 0 aliphatic heterocycles. The van der Waals surface area contributed by atoms with Gasteiger partial charge < -0.3 is 0 Å². The quantitative estimate of drug-likeness (QED) is 0.389. The van der Waals surface area contributed by atoms with Crippen molar-refractivity contribution in [2.75, 3.05) is 0 Å². The van der Waals surface area contributed by atoms with E-state index in [-0.39, 0.29) is 11.0 Å². The monoisotopic (exact) mass is 339 g/mol. The number of nitrogens with zero attached hydrogens (tertiary/aromatic N) is 2. The van der Waals surface area contributed by atoms with E-state index in [0.29, 0.717) is 11.3 Å². The minimum atomic E-state index is -0.538. The van der Waals surface area contributed by atoms with Gasteiger partial charge in [-0.3, -0.25) is 29.5 Å². The molecule has 0 bridgehead atoms. The zero-order valence-electron chi connectivity index (χ0n) is 10.1. The maximum Gasteiger partial charge on any atom is 0.328 e. The number of H-pyrrole nitrogens is 1. The molecule has 2 aromatic heterocycles. The molecule has 0 radical (unpaired) electrons. The smallest absolute Gasteiger partial charge is 0.293 e. The number of hydrogen-bond donors (Lipinski definition) is 3. The number of carbonyl (C=O) groups excluding carboxylic acids is 1. The molecule has 0 atom stereocenters. The molecule has 9 heteroatoms. The number of rotatable bonds is 3. The summed E-state index contributed by atoms with van der Waals surface area (Å²) in [5.41, 5.74) is 1.83. The number of halogens is 1. The van der Waals surface area contributed by atoms with Gasteiger partial charge in [-0.15, -0.1) is 0 Å². The van der Waals surface area contributed by atoms with Crippen LogP contribution in [0, 0.1) is 0 Å². The fraction of sp³-hybridized carbons (Fsp3) is 0.0909. The van der Waals surface area contributed by atoms with Gasteiger partial charge in [-0.05, 0) is 28.1 Å². The van der Waals surface area contributed by atoms with E-state index in [1.165, 1.54) is 23.0 Å². The number of aromatic nitrogens is 3. The molecule has 0 saturated carbocycles. The van der Waals surface area contributed by atoms with Gasteiger partial charge in [0.2, 0.25) is 0 Å². The molecular formula is C11H10BrN5O3. The molecule has 0 fully saturated rings. The van der Waals surface area contributed by atoms with Gasteiger partial charge in [-0.25, -0.2) is 10.6 Å². The summed E-state index contributed by atoms with van der Waals surface area (Å²) in [7, 11) is 0. The highest BCUT2D eigenvalue weighted by molar-refractivity contribution is 9.10. The lowest BCUT2D eigenvalue weighted by Crippen LogP contribution is -2.31. The van der Waals surface area contributed by atoms with Crippen molar-refractivity contribution in [3.8, 4) is 0 Å².